The zero-order valence-electron chi connectivity index (χ0n) is 13.7. The van der Waals surface area contributed by atoms with E-state index in [1.165, 1.54) is 0 Å². The van der Waals surface area contributed by atoms with Crippen molar-refractivity contribution in [2.45, 2.75) is 38.6 Å². The van der Waals surface area contributed by atoms with E-state index in [1.807, 2.05) is 38.1 Å². The van der Waals surface area contributed by atoms with Gasteiger partial charge < -0.3 is 9.42 Å². The number of nitrogens with zero attached hydrogens (tertiary/aromatic N) is 4. The molecule has 1 amide bonds. The first-order valence-electron chi connectivity index (χ1n) is 8.22. The summed E-state index contributed by atoms with van der Waals surface area (Å²) in [6.07, 6.45) is 1.74. The van der Waals surface area contributed by atoms with Crippen molar-refractivity contribution in [3.05, 3.63) is 41.7 Å². The van der Waals surface area contributed by atoms with Crippen molar-refractivity contribution in [2.24, 2.45) is 0 Å². The summed E-state index contributed by atoms with van der Waals surface area (Å²) in [6, 6.07) is 7.46. The van der Waals surface area contributed by atoms with Gasteiger partial charge >= 0.3 is 0 Å². The van der Waals surface area contributed by atoms with Crippen LogP contribution in [0.5, 0.6) is 0 Å². The van der Waals surface area contributed by atoms with Gasteiger partial charge in [-0.15, -0.1) is 0 Å². The number of fused-ring (bicyclic) bond motifs is 1. The van der Waals surface area contributed by atoms with Gasteiger partial charge in [0.25, 0.3) is 5.91 Å². The fraction of sp³-hybridized carbons (Fsp3) is 0.412. The van der Waals surface area contributed by atoms with Gasteiger partial charge in [0.2, 0.25) is 5.89 Å². The molecule has 1 aliphatic heterocycles. The maximum atomic E-state index is 13.0. The van der Waals surface area contributed by atoms with Crippen molar-refractivity contribution in [1.82, 2.24) is 25.2 Å². The molecular weight excluding hydrogens is 306 g/mol. The lowest BCUT2D eigenvalue weighted by molar-refractivity contribution is 0.0706. The summed E-state index contributed by atoms with van der Waals surface area (Å²) in [6.45, 7) is 4.70. The molecule has 1 fully saturated rings. The Hall–Kier alpha value is -2.70. The van der Waals surface area contributed by atoms with E-state index in [1.54, 1.807) is 4.90 Å². The summed E-state index contributed by atoms with van der Waals surface area (Å²) in [5.74, 6) is 1.29. The number of carbonyl (C=O) groups excluding carboxylic acids is 1. The van der Waals surface area contributed by atoms with Crippen LogP contribution >= 0.6 is 0 Å². The Balaban J connectivity index is 1.65. The average Bonchev–Trinajstić information content (AvgIpc) is 3.31. The molecule has 24 heavy (non-hydrogen) atoms. The maximum absolute atomic E-state index is 13.0. The van der Waals surface area contributed by atoms with E-state index in [9.17, 15) is 4.79 Å². The Morgan fingerprint density at radius 2 is 2.21 bits per heavy atom. The van der Waals surface area contributed by atoms with Crippen molar-refractivity contribution in [3.63, 3.8) is 0 Å². The molecule has 0 bridgehead atoms. The normalized spacial score (nSPS) is 18.0. The number of aromatic nitrogens is 4. The van der Waals surface area contributed by atoms with Crippen molar-refractivity contribution in [3.8, 4) is 0 Å². The molecule has 0 saturated carbocycles. The molecule has 2 aromatic heterocycles. The quantitative estimate of drug-likeness (QED) is 0.799. The fourth-order valence-corrected chi connectivity index (χ4v) is 3.15. The zero-order chi connectivity index (χ0) is 16.7. The Kier molecular flexibility index (Phi) is 3.55. The lowest BCUT2D eigenvalue weighted by atomic mass is 10.1. The lowest BCUT2D eigenvalue weighted by Crippen LogP contribution is -2.31. The second-order valence-corrected chi connectivity index (χ2v) is 6.42. The highest BCUT2D eigenvalue weighted by Crippen LogP contribution is 2.33. The van der Waals surface area contributed by atoms with Crippen LogP contribution in [0, 0.1) is 0 Å². The van der Waals surface area contributed by atoms with Gasteiger partial charge in [0.05, 0.1) is 5.52 Å². The van der Waals surface area contributed by atoms with Crippen molar-refractivity contribution in [1.29, 1.82) is 0 Å². The van der Waals surface area contributed by atoms with Crippen LogP contribution in [-0.4, -0.2) is 37.7 Å². The number of aromatic amines is 1. The predicted octanol–water partition coefficient (Wildman–Crippen LogP) is 3.05. The molecule has 1 aliphatic rings. The largest absolute Gasteiger partial charge is 0.337 e. The summed E-state index contributed by atoms with van der Waals surface area (Å²) in [5.41, 5.74) is 1.30. The van der Waals surface area contributed by atoms with Crippen LogP contribution in [0.2, 0.25) is 0 Å². The Morgan fingerprint density at radius 1 is 1.38 bits per heavy atom. The molecule has 3 heterocycles. The Bertz CT molecular complexity index is 882. The third-order valence-corrected chi connectivity index (χ3v) is 4.45. The van der Waals surface area contributed by atoms with Crippen LogP contribution in [-0.2, 0) is 0 Å². The van der Waals surface area contributed by atoms with E-state index in [4.69, 9.17) is 4.52 Å². The number of rotatable bonds is 3. The van der Waals surface area contributed by atoms with Crippen molar-refractivity contribution >= 4 is 16.8 Å². The second kappa shape index (κ2) is 5.74. The molecule has 7 nitrogen and oxygen atoms in total. The van der Waals surface area contributed by atoms with Gasteiger partial charge in [-0.25, -0.2) is 0 Å². The molecule has 0 aliphatic carbocycles. The van der Waals surface area contributed by atoms with Crippen LogP contribution in [0.4, 0.5) is 0 Å². The summed E-state index contributed by atoms with van der Waals surface area (Å²) < 4.78 is 5.41. The van der Waals surface area contributed by atoms with Gasteiger partial charge in [0, 0.05) is 17.8 Å². The molecule has 3 aromatic rings. The van der Waals surface area contributed by atoms with Gasteiger partial charge in [-0.2, -0.15) is 10.1 Å². The third kappa shape index (κ3) is 2.36. The van der Waals surface area contributed by atoms with E-state index in [2.05, 4.69) is 20.3 Å². The van der Waals surface area contributed by atoms with Gasteiger partial charge in [-0.05, 0) is 18.9 Å². The predicted molar refractivity (Wildman–Crippen MR) is 87.5 cm³/mol. The van der Waals surface area contributed by atoms with Gasteiger partial charge in [0.1, 0.15) is 6.04 Å². The molecular formula is C17H19N5O2. The summed E-state index contributed by atoms with van der Waals surface area (Å²) >= 11 is 0. The minimum atomic E-state index is -0.173. The molecule has 1 unspecified atom stereocenters. The van der Waals surface area contributed by atoms with Crippen LogP contribution in [0.15, 0.2) is 28.8 Å². The topological polar surface area (TPSA) is 87.9 Å². The number of likely N-dealkylation sites (tertiary alicyclic amines) is 1. The highest BCUT2D eigenvalue weighted by atomic mass is 16.5. The summed E-state index contributed by atoms with van der Waals surface area (Å²) in [4.78, 5) is 19.3. The van der Waals surface area contributed by atoms with E-state index in [0.29, 0.717) is 24.0 Å². The Labute approximate surface area is 139 Å². The highest BCUT2D eigenvalue weighted by molar-refractivity contribution is 6.04. The summed E-state index contributed by atoms with van der Waals surface area (Å²) in [5, 5.41) is 12.0. The minimum Gasteiger partial charge on any atom is -0.337 e. The highest BCUT2D eigenvalue weighted by Gasteiger charge is 2.36. The van der Waals surface area contributed by atoms with Gasteiger partial charge in [0.15, 0.2) is 11.5 Å². The molecule has 124 valence electrons. The molecule has 1 N–H and O–H groups in total. The fourth-order valence-electron chi connectivity index (χ4n) is 3.15. The number of para-hydroxylation sites is 1. The van der Waals surface area contributed by atoms with E-state index in [-0.39, 0.29) is 17.9 Å². The number of H-pyrrole nitrogens is 1. The number of benzene rings is 1. The lowest BCUT2D eigenvalue weighted by Gasteiger charge is -2.20. The van der Waals surface area contributed by atoms with E-state index < -0.39 is 0 Å². The van der Waals surface area contributed by atoms with Crippen LogP contribution in [0.3, 0.4) is 0 Å². The molecule has 1 aromatic carbocycles. The van der Waals surface area contributed by atoms with Gasteiger partial charge in [-0.1, -0.05) is 37.2 Å². The van der Waals surface area contributed by atoms with E-state index in [0.717, 1.165) is 23.7 Å². The Morgan fingerprint density at radius 3 is 3.00 bits per heavy atom. The van der Waals surface area contributed by atoms with E-state index >= 15 is 0 Å². The number of hydrogen-bond donors (Lipinski definition) is 1. The monoisotopic (exact) mass is 325 g/mol. The maximum Gasteiger partial charge on any atom is 0.275 e. The third-order valence-electron chi connectivity index (χ3n) is 4.45. The summed E-state index contributed by atoms with van der Waals surface area (Å²) in [7, 11) is 0. The standard InChI is InChI=1S/C17H19N5O2/c1-10(2)15-18-16(24-21-15)13-8-5-9-22(13)17(23)14-11-6-3-4-7-12(11)19-20-14/h3-4,6-7,10,13H,5,8-9H2,1-2H3,(H,19,20). The zero-order valence-corrected chi connectivity index (χ0v) is 13.7. The molecule has 4 rings (SSSR count). The molecule has 7 heteroatoms. The SMILES string of the molecule is CC(C)c1noc(C2CCCN2C(=O)c2n[nH]c3ccccc23)n1. The first-order valence-corrected chi connectivity index (χ1v) is 8.22. The number of nitrogens with one attached hydrogen (secondary N) is 1. The second-order valence-electron chi connectivity index (χ2n) is 6.42. The van der Waals surface area contributed by atoms with Crippen LogP contribution in [0.1, 0.15) is 60.9 Å². The minimum absolute atomic E-state index is 0.0979. The number of amides is 1. The molecule has 1 saturated heterocycles. The first kappa shape index (κ1) is 14.9. The van der Waals surface area contributed by atoms with Gasteiger partial charge in [-0.3, -0.25) is 9.89 Å². The number of carbonyl (C=O) groups is 1. The average molecular weight is 325 g/mol. The molecule has 0 radical (unpaired) electrons. The van der Waals surface area contributed by atoms with Crippen molar-refractivity contribution < 1.29 is 9.32 Å². The molecule has 1 atom stereocenters. The number of hydrogen-bond acceptors (Lipinski definition) is 5. The van der Waals surface area contributed by atoms with Crippen molar-refractivity contribution in [2.75, 3.05) is 6.54 Å². The molecule has 0 spiro atoms. The smallest absolute Gasteiger partial charge is 0.275 e. The first-order chi connectivity index (χ1) is 11.6. The van der Waals surface area contributed by atoms with Crippen LogP contribution in [0.25, 0.3) is 10.9 Å². The van der Waals surface area contributed by atoms with Crippen LogP contribution < -0.4 is 0 Å².